The van der Waals surface area contributed by atoms with Gasteiger partial charge < -0.3 is 4.74 Å². The standard InChI is InChI=1S/C20H24N4O2/c1-2-3-4-11-16-26-20(25)19-21-23(17-12-7-5-8-13-17)24(22-19)18-14-9-6-10-15-18/h5-10,12-15H,2-4,11,16H2,1H3,(H,21,22). The van der Waals surface area contributed by atoms with E-state index in [4.69, 9.17) is 4.74 Å². The maximum Gasteiger partial charge on any atom is 0.377 e. The number of hydrogen-bond donors (Lipinski definition) is 1. The van der Waals surface area contributed by atoms with Gasteiger partial charge in [-0.2, -0.15) is 10.2 Å². The highest BCUT2D eigenvalue weighted by Gasteiger charge is 2.30. The van der Waals surface area contributed by atoms with E-state index in [-0.39, 0.29) is 5.84 Å². The maximum absolute atomic E-state index is 12.4. The third kappa shape index (κ3) is 4.33. The van der Waals surface area contributed by atoms with Crippen LogP contribution in [0.3, 0.4) is 0 Å². The van der Waals surface area contributed by atoms with Crippen molar-refractivity contribution in [3.05, 3.63) is 60.7 Å². The molecule has 26 heavy (non-hydrogen) atoms. The van der Waals surface area contributed by atoms with Crippen molar-refractivity contribution in [1.82, 2.24) is 5.43 Å². The second kappa shape index (κ2) is 8.89. The van der Waals surface area contributed by atoms with E-state index < -0.39 is 5.97 Å². The first kappa shape index (κ1) is 17.8. The van der Waals surface area contributed by atoms with Gasteiger partial charge in [0.15, 0.2) is 0 Å². The number of esters is 1. The topological polar surface area (TPSA) is 57.2 Å². The Labute approximate surface area is 154 Å². The van der Waals surface area contributed by atoms with Crippen LogP contribution in [0, 0.1) is 0 Å². The molecule has 2 aromatic carbocycles. The van der Waals surface area contributed by atoms with Gasteiger partial charge in [0.25, 0.3) is 5.84 Å². The molecule has 0 saturated carbocycles. The lowest BCUT2D eigenvalue weighted by Gasteiger charge is -2.27. The second-order valence-electron chi connectivity index (χ2n) is 6.03. The number of nitrogens with one attached hydrogen (secondary N) is 1. The summed E-state index contributed by atoms with van der Waals surface area (Å²) in [6, 6.07) is 19.4. The van der Waals surface area contributed by atoms with Crippen LogP contribution in [0.2, 0.25) is 0 Å². The molecule has 1 N–H and O–H groups in total. The Morgan fingerprint density at radius 2 is 1.62 bits per heavy atom. The van der Waals surface area contributed by atoms with Gasteiger partial charge in [-0.25, -0.2) is 4.79 Å². The quantitative estimate of drug-likeness (QED) is 0.577. The molecule has 1 heterocycles. The van der Waals surface area contributed by atoms with E-state index in [0.29, 0.717) is 6.61 Å². The minimum atomic E-state index is -0.444. The minimum absolute atomic E-state index is 0.174. The van der Waals surface area contributed by atoms with Crippen LogP contribution in [-0.4, -0.2) is 18.4 Å². The third-order valence-electron chi connectivity index (χ3n) is 4.01. The Hall–Kier alpha value is -3.02. The first-order chi connectivity index (χ1) is 12.8. The predicted octanol–water partition coefficient (Wildman–Crippen LogP) is 3.87. The molecule has 2 aromatic rings. The van der Waals surface area contributed by atoms with Crippen molar-refractivity contribution in [3.63, 3.8) is 0 Å². The molecular formula is C20H24N4O2. The van der Waals surface area contributed by atoms with Gasteiger partial charge >= 0.3 is 5.97 Å². The van der Waals surface area contributed by atoms with E-state index >= 15 is 0 Å². The Morgan fingerprint density at radius 1 is 0.962 bits per heavy atom. The summed E-state index contributed by atoms with van der Waals surface area (Å²) in [7, 11) is 0. The number of benzene rings is 2. The molecule has 136 valence electrons. The minimum Gasteiger partial charge on any atom is -0.460 e. The Morgan fingerprint density at radius 3 is 2.27 bits per heavy atom. The summed E-state index contributed by atoms with van der Waals surface area (Å²) in [5.41, 5.74) is 4.75. The van der Waals surface area contributed by atoms with Crippen LogP contribution in [0.5, 0.6) is 0 Å². The van der Waals surface area contributed by atoms with Gasteiger partial charge in [0.1, 0.15) is 0 Å². The van der Waals surface area contributed by atoms with E-state index in [1.165, 1.54) is 0 Å². The SMILES string of the molecule is CCCCCCOC(=O)C1=NN(c2ccccc2)N(c2ccccc2)N1. The zero-order chi connectivity index (χ0) is 18.2. The van der Waals surface area contributed by atoms with Crippen LogP contribution < -0.4 is 15.7 Å². The molecule has 1 aliphatic heterocycles. The van der Waals surface area contributed by atoms with E-state index in [2.05, 4.69) is 17.5 Å². The third-order valence-corrected chi connectivity index (χ3v) is 4.01. The highest BCUT2D eigenvalue weighted by molar-refractivity contribution is 6.36. The number of unbranched alkanes of at least 4 members (excludes halogenated alkanes) is 3. The zero-order valence-electron chi connectivity index (χ0n) is 15.0. The van der Waals surface area contributed by atoms with Crippen LogP contribution in [0.4, 0.5) is 11.4 Å². The summed E-state index contributed by atoms with van der Waals surface area (Å²) in [4.78, 5) is 12.4. The fourth-order valence-electron chi connectivity index (χ4n) is 2.64. The number of hydrazine groups is 2. The first-order valence-electron chi connectivity index (χ1n) is 9.02. The molecule has 0 spiro atoms. The van der Waals surface area contributed by atoms with E-state index in [9.17, 15) is 4.79 Å². The molecule has 3 rings (SSSR count). The predicted molar refractivity (Wildman–Crippen MR) is 104 cm³/mol. The molecule has 6 nitrogen and oxygen atoms in total. The Kier molecular flexibility index (Phi) is 6.09. The highest BCUT2D eigenvalue weighted by Crippen LogP contribution is 2.24. The monoisotopic (exact) mass is 352 g/mol. The highest BCUT2D eigenvalue weighted by atomic mass is 16.5. The van der Waals surface area contributed by atoms with Gasteiger partial charge in [-0.3, -0.25) is 5.43 Å². The average molecular weight is 352 g/mol. The van der Waals surface area contributed by atoms with Crippen molar-refractivity contribution in [1.29, 1.82) is 0 Å². The molecule has 6 heteroatoms. The molecular weight excluding hydrogens is 328 g/mol. The number of anilines is 2. The number of amidine groups is 1. The lowest BCUT2D eigenvalue weighted by atomic mass is 10.2. The molecule has 0 bridgehead atoms. The summed E-state index contributed by atoms with van der Waals surface area (Å²) in [5, 5.41) is 7.80. The number of hydrazone groups is 1. The van der Waals surface area contributed by atoms with Crippen molar-refractivity contribution in [3.8, 4) is 0 Å². The van der Waals surface area contributed by atoms with Crippen molar-refractivity contribution in [2.24, 2.45) is 5.10 Å². The van der Waals surface area contributed by atoms with E-state index in [1.54, 1.807) is 10.2 Å². The zero-order valence-corrected chi connectivity index (χ0v) is 15.0. The molecule has 1 aliphatic rings. The smallest absolute Gasteiger partial charge is 0.377 e. The van der Waals surface area contributed by atoms with Gasteiger partial charge in [0.05, 0.1) is 18.0 Å². The van der Waals surface area contributed by atoms with Crippen molar-refractivity contribution in [2.45, 2.75) is 32.6 Å². The fourth-order valence-corrected chi connectivity index (χ4v) is 2.64. The lowest BCUT2D eigenvalue weighted by molar-refractivity contribution is -0.135. The van der Waals surface area contributed by atoms with Crippen LogP contribution in [0.25, 0.3) is 0 Å². The number of carbonyl (C=O) groups excluding carboxylic acids is 1. The second-order valence-corrected chi connectivity index (χ2v) is 6.03. The van der Waals surface area contributed by atoms with Gasteiger partial charge in [0.2, 0.25) is 0 Å². The molecule has 0 aromatic heterocycles. The molecule has 0 saturated heterocycles. The summed E-state index contributed by atoms with van der Waals surface area (Å²) < 4.78 is 5.36. The number of ether oxygens (including phenoxy) is 1. The molecule has 0 amide bonds. The number of carbonyl (C=O) groups is 1. The summed E-state index contributed by atoms with van der Waals surface area (Å²) in [6.45, 7) is 2.57. The van der Waals surface area contributed by atoms with Gasteiger partial charge in [-0.1, -0.05) is 62.6 Å². The Balaban J connectivity index is 1.72. The van der Waals surface area contributed by atoms with Gasteiger partial charge in [-0.05, 0) is 30.7 Å². The van der Waals surface area contributed by atoms with Gasteiger partial charge in [-0.15, -0.1) is 5.10 Å². The largest absolute Gasteiger partial charge is 0.460 e. The molecule has 0 unspecified atom stereocenters. The van der Waals surface area contributed by atoms with Crippen LogP contribution in [-0.2, 0) is 9.53 Å². The summed E-state index contributed by atoms with van der Waals surface area (Å²) in [6.07, 6.45) is 4.24. The molecule has 0 aliphatic carbocycles. The number of nitrogens with zero attached hydrogens (tertiary/aromatic N) is 3. The van der Waals surface area contributed by atoms with Crippen molar-refractivity contribution >= 4 is 23.2 Å². The maximum atomic E-state index is 12.4. The number of hydrogen-bond acceptors (Lipinski definition) is 6. The summed E-state index contributed by atoms with van der Waals surface area (Å²) in [5.74, 6) is -0.269. The van der Waals surface area contributed by atoms with Crippen LogP contribution in [0.15, 0.2) is 65.8 Å². The molecule has 0 fully saturated rings. The summed E-state index contributed by atoms with van der Waals surface area (Å²) >= 11 is 0. The molecule has 0 atom stereocenters. The van der Waals surface area contributed by atoms with E-state index in [0.717, 1.165) is 37.1 Å². The number of rotatable bonds is 8. The van der Waals surface area contributed by atoms with Crippen LogP contribution >= 0.6 is 0 Å². The van der Waals surface area contributed by atoms with Crippen molar-refractivity contribution in [2.75, 3.05) is 16.8 Å². The van der Waals surface area contributed by atoms with E-state index in [1.807, 2.05) is 60.7 Å². The lowest BCUT2D eigenvalue weighted by Crippen LogP contribution is -2.46. The fraction of sp³-hybridized carbons (Fsp3) is 0.300. The average Bonchev–Trinajstić information content (AvgIpc) is 3.15. The van der Waals surface area contributed by atoms with Gasteiger partial charge in [0, 0.05) is 0 Å². The molecule has 0 radical (unpaired) electrons. The normalized spacial score (nSPS) is 13.3. The van der Waals surface area contributed by atoms with Crippen molar-refractivity contribution < 1.29 is 9.53 Å². The number of para-hydroxylation sites is 2. The first-order valence-corrected chi connectivity index (χ1v) is 9.02. The van der Waals surface area contributed by atoms with Crippen LogP contribution in [0.1, 0.15) is 32.6 Å². The Bertz CT molecular complexity index is 734.